The smallest absolute Gasteiger partial charge is 0.220 e. The number of aliphatic imine (C=N–C) groups is 1. The Bertz CT molecular complexity index is 457. The van der Waals surface area contributed by atoms with Crippen LogP contribution in [0.4, 0.5) is 0 Å². The van der Waals surface area contributed by atoms with Gasteiger partial charge >= 0.3 is 0 Å². The van der Waals surface area contributed by atoms with Gasteiger partial charge in [0, 0.05) is 30.3 Å². The summed E-state index contributed by atoms with van der Waals surface area (Å²) in [5, 5.41) is 7.78. The van der Waals surface area contributed by atoms with Gasteiger partial charge < -0.3 is 21.3 Å². The standard InChI is InChI=1S/C19H37N5OS.HI/c1-3-21-19(23-16-6-7-17(14-16)26-2)22-10-4-5-11-24-12-8-15(9-13-24)18(20)25;/h15-17H,3-14H2,1-2H3,(H2,20,25)(H2,21,22,23);1H. The molecular formula is C19H38IN5OS. The summed E-state index contributed by atoms with van der Waals surface area (Å²) >= 11 is 1.99. The van der Waals surface area contributed by atoms with Crippen molar-refractivity contribution >= 4 is 47.6 Å². The number of piperidine rings is 1. The van der Waals surface area contributed by atoms with Crippen LogP contribution in [0.15, 0.2) is 4.99 Å². The van der Waals surface area contributed by atoms with Gasteiger partial charge in [-0.2, -0.15) is 11.8 Å². The monoisotopic (exact) mass is 511 g/mol. The SMILES string of the molecule is CCNC(=NCCCCN1CCC(C(N)=O)CC1)NC1CCC(SC)C1.I. The molecule has 1 aliphatic heterocycles. The van der Waals surface area contributed by atoms with Crippen LogP contribution in [0.5, 0.6) is 0 Å². The van der Waals surface area contributed by atoms with E-state index >= 15 is 0 Å². The van der Waals surface area contributed by atoms with Gasteiger partial charge in [-0.1, -0.05) is 0 Å². The third kappa shape index (κ3) is 9.21. The molecule has 2 unspecified atom stereocenters. The minimum Gasteiger partial charge on any atom is -0.369 e. The quantitative estimate of drug-likeness (QED) is 0.192. The maximum Gasteiger partial charge on any atom is 0.220 e. The maximum absolute atomic E-state index is 11.2. The van der Waals surface area contributed by atoms with Crippen molar-refractivity contribution in [3.05, 3.63) is 0 Å². The minimum absolute atomic E-state index is 0. The van der Waals surface area contributed by atoms with Gasteiger partial charge in [-0.15, -0.1) is 24.0 Å². The van der Waals surface area contributed by atoms with E-state index < -0.39 is 0 Å². The van der Waals surface area contributed by atoms with Gasteiger partial charge in [0.15, 0.2) is 5.96 Å². The highest BCUT2D eigenvalue weighted by atomic mass is 127. The summed E-state index contributed by atoms with van der Waals surface area (Å²) in [5.74, 6) is 0.931. The number of likely N-dealkylation sites (tertiary alicyclic amines) is 1. The number of thioether (sulfide) groups is 1. The Morgan fingerprint density at radius 3 is 2.56 bits per heavy atom. The summed E-state index contributed by atoms with van der Waals surface area (Å²) in [6.07, 6.45) is 10.1. The lowest BCUT2D eigenvalue weighted by molar-refractivity contribution is -0.123. The molecule has 2 aliphatic rings. The summed E-state index contributed by atoms with van der Waals surface area (Å²) < 4.78 is 0. The Morgan fingerprint density at radius 1 is 1.22 bits per heavy atom. The normalized spacial score (nSPS) is 24.4. The number of amides is 1. The molecule has 6 nitrogen and oxygen atoms in total. The summed E-state index contributed by atoms with van der Waals surface area (Å²) in [6, 6.07) is 0.566. The highest BCUT2D eigenvalue weighted by molar-refractivity contribution is 14.0. The molecule has 1 saturated heterocycles. The van der Waals surface area contributed by atoms with Gasteiger partial charge in [0.25, 0.3) is 0 Å². The zero-order valence-corrected chi connectivity index (χ0v) is 20.1. The van der Waals surface area contributed by atoms with Gasteiger partial charge in [-0.3, -0.25) is 9.79 Å². The molecule has 0 aromatic rings. The number of rotatable bonds is 9. The summed E-state index contributed by atoms with van der Waals surface area (Å²) in [7, 11) is 0. The maximum atomic E-state index is 11.2. The van der Waals surface area contributed by atoms with Gasteiger partial charge in [0.1, 0.15) is 0 Å². The van der Waals surface area contributed by atoms with E-state index in [2.05, 4.69) is 28.7 Å². The van der Waals surface area contributed by atoms with Crippen LogP contribution >= 0.6 is 35.7 Å². The number of carbonyl (C=O) groups excluding carboxylic acids is 1. The molecule has 0 bridgehead atoms. The topological polar surface area (TPSA) is 82.8 Å². The Kier molecular flexibility index (Phi) is 12.8. The minimum atomic E-state index is -0.131. The molecule has 0 aromatic carbocycles. The van der Waals surface area contributed by atoms with Crippen LogP contribution in [0.25, 0.3) is 0 Å². The number of guanidine groups is 1. The molecule has 4 N–H and O–H groups in total. The van der Waals surface area contributed by atoms with Crippen molar-refractivity contribution in [2.45, 2.75) is 63.2 Å². The summed E-state index contributed by atoms with van der Waals surface area (Å²) in [6.45, 7) is 6.99. The number of nitrogens with two attached hydrogens (primary N) is 1. The Balaban J connectivity index is 0.00000364. The van der Waals surface area contributed by atoms with Crippen LogP contribution < -0.4 is 16.4 Å². The van der Waals surface area contributed by atoms with Gasteiger partial charge in [-0.05, 0) is 77.8 Å². The molecule has 158 valence electrons. The van der Waals surface area contributed by atoms with E-state index in [0.717, 1.165) is 69.6 Å². The van der Waals surface area contributed by atoms with Crippen molar-refractivity contribution in [1.29, 1.82) is 0 Å². The van der Waals surface area contributed by atoms with E-state index in [0.29, 0.717) is 6.04 Å². The third-order valence-electron chi connectivity index (χ3n) is 5.55. The van der Waals surface area contributed by atoms with Gasteiger partial charge in [0.05, 0.1) is 0 Å². The molecule has 0 radical (unpaired) electrons. The van der Waals surface area contributed by atoms with E-state index in [1.165, 1.54) is 19.3 Å². The predicted octanol–water partition coefficient (Wildman–Crippen LogP) is 2.42. The molecule has 1 aliphatic carbocycles. The van der Waals surface area contributed by atoms with Gasteiger partial charge in [-0.25, -0.2) is 0 Å². The molecule has 1 saturated carbocycles. The fraction of sp³-hybridized carbons (Fsp3) is 0.895. The van der Waals surface area contributed by atoms with Crippen LogP contribution in [-0.2, 0) is 4.79 Å². The van der Waals surface area contributed by atoms with Crippen molar-refractivity contribution in [3.8, 4) is 0 Å². The van der Waals surface area contributed by atoms with Crippen molar-refractivity contribution in [2.24, 2.45) is 16.6 Å². The first kappa shape index (κ1) is 24.8. The Hall–Kier alpha value is -0.220. The van der Waals surface area contributed by atoms with Crippen molar-refractivity contribution in [2.75, 3.05) is 39.0 Å². The first-order valence-electron chi connectivity index (χ1n) is 10.2. The number of nitrogens with zero attached hydrogens (tertiary/aromatic N) is 2. The van der Waals surface area contributed by atoms with Crippen LogP contribution in [0, 0.1) is 5.92 Å². The second-order valence-electron chi connectivity index (χ2n) is 7.50. The van der Waals surface area contributed by atoms with Crippen molar-refractivity contribution in [3.63, 3.8) is 0 Å². The predicted molar refractivity (Wildman–Crippen MR) is 127 cm³/mol. The fourth-order valence-corrected chi connectivity index (χ4v) is 4.67. The number of hydrogen-bond donors (Lipinski definition) is 3. The van der Waals surface area contributed by atoms with Crippen LogP contribution in [0.3, 0.4) is 0 Å². The first-order valence-corrected chi connectivity index (χ1v) is 11.5. The Morgan fingerprint density at radius 2 is 1.96 bits per heavy atom. The fourth-order valence-electron chi connectivity index (χ4n) is 3.88. The largest absolute Gasteiger partial charge is 0.369 e. The zero-order valence-electron chi connectivity index (χ0n) is 16.9. The van der Waals surface area contributed by atoms with E-state index in [1.807, 2.05) is 11.8 Å². The van der Waals surface area contributed by atoms with E-state index in [-0.39, 0.29) is 35.8 Å². The van der Waals surface area contributed by atoms with Crippen molar-refractivity contribution < 1.29 is 4.79 Å². The number of halogens is 1. The Labute approximate surface area is 186 Å². The molecule has 2 rings (SSSR count). The highest BCUT2D eigenvalue weighted by Gasteiger charge is 2.24. The molecule has 1 amide bonds. The molecular weight excluding hydrogens is 473 g/mol. The second-order valence-corrected chi connectivity index (χ2v) is 8.64. The number of carbonyl (C=O) groups is 1. The number of unbranched alkanes of at least 4 members (excludes halogenated alkanes) is 1. The lowest BCUT2D eigenvalue weighted by Crippen LogP contribution is -2.42. The number of hydrogen-bond acceptors (Lipinski definition) is 4. The molecule has 2 fully saturated rings. The summed E-state index contributed by atoms with van der Waals surface area (Å²) in [5.41, 5.74) is 5.39. The average molecular weight is 512 g/mol. The van der Waals surface area contributed by atoms with E-state index in [4.69, 9.17) is 10.7 Å². The molecule has 27 heavy (non-hydrogen) atoms. The molecule has 1 heterocycles. The zero-order chi connectivity index (χ0) is 18.8. The van der Waals surface area contributed by atoms with Crippen LogP contribution in [0.2, 0.25) is 0 Å². The molecule has 0 aromatic heterocycles. The van der Waals surface area contributed by atoms with Gasteiger partial charge in [0.2, 0.25) is 5.91 Å². The average Bonchev–Trinajstić information content (AvgIpc) is 3.09. The lowest BCUT2D eigenvalue weighted by atomic mass is 9.96. The second kappa shape index (κ2) is 13.9. The number of primary amides is 1. The van der Waals surface area contributed by atoms with E-state index in [1.54, 1.807) is 0 Å². The molecule has 0 spiro atoms. The lowest BCUT2D eigenvalue weighted by Gasteiger charge is -2.30. The number of nitrogens with one attached hydrogen (secondary N) is 2. The van der Waals surface area contributed by atoms with E-state index in [9.17, 15) is 4.79 Å². The van der Waals surface area contributed by atoms with Crippen LogP contribution in [-0.4, -0.2) is 67.0 Å². The highest BCUT2D eigenvalue weighted by Crippen LogP contribution is 2.28. The van der Waals surface area contributed by atoms with Crippen LogP contribution in [0.1, 0.15) is 51.9 Å². The third-order valence-corrected chi connectivity index (χ3v) is 6.64. The summed E-state index contributed by atoms with van der Waals surface area (Å²) in [4.78, 5) is 18.4. The van der Waals surface area contributed by atoms with Crippen molar-refractivity contribution in [1.82, 2.24) is 15.5 Å². The molecule has 8 heteroatoms. The first-order chi connectivity index (χ1) is 12.6. The molecule has 2 atom stereocenters.